The molecule has 0 radical (unpaired) electrons. The smallest absolute Gasteiger partial charge is 0.358 e. The Hall–Kier alpha value is -2.47. The molecule has 1 unspecified atom stereocenters. The van der Waals surface area contributed by atoms with E-state index < -0.39 is 5.97 Å². The van der Waals surface area contributed by atoms with E-state index in [4.69, 9.17) is 5.73 Å². The van der Waals surface area contributed by atoms with Gasteiger partial charge in [0.05, 0.1) is 19.5 Å². The van der Waals surface area contributed by atoms with Gasteiger partial charge in [-0.05, 0) is 5.56 Å². The van der Waals surface area contributed by atoms with Crippen LogP contribution >= 0.6 is 0 Å². The van der Waals surface area contributed by atoms with E-state index in [0.29, 0.717) is 12.4 Å². The van der Waals surface area contributed by atoms with Gasteiger partial charge in [0.1, 0.15) is 5.82 Å². The molecule has 2 aromatic rings. The molecule has 0 aliphatic carbocycles. The highest BCUT2D eigenvalue weighted by Gasteiger charge is 2.09. The highest BCUT2D eigenvalue weighted by atomic mass is 16.5. The molecule has 0 amide bonds. The van der Waals surface area contributed by atoms with E-state index in [1.807, 2.05) is 30.3 Å². The first-order chi connectivity index (χ1) is 9.70. The summed E-state index contributed by atoms with van der Waals surface area (Å²) < 4.78 is 4.59. The Morgan fingerprint density at radius 1 is 1.35 bits per heavy atom. The normalized spacial score (nSPS) is 11.7. The number of methoxy groups -OCH3 is 1. The molecule has 1 atom stereocenters. The Labute approximate surface area is 117 Å². The first-order valence-electron chi connectivity index (χ1n) is 6.15. The van der Waals surface area contributed by atoms with E-state index in [1.54, 1.807) is 0 Å². The van der Waals surface area contributed by atoms with E-state index in [9.17, 15) is 4.79 Å². The number of carbonyl (C=O) groups is 1. The fourth-order valence-electron chi connectivity index (χ4n) is 1.69. The molecule has 0 fully saturated rings. The first kappa shape index (κ1) is 14.0. The third-order valence-electron chi connectivity index (χ3n) is 2.76. The van der Waals surface area contributed by atoms with Crippen LogP contribution in [-0.2, 0) is 4.74 Å². The summed E-state index contributed by atoms with van der Waals surface area (Å²) in [7, 11) is 1.30. The van der Waals surface area contributed by atoms with Gasteiger partial charge in [-0.25, -0.2) is 9.78 Å². The van der Waals surface area contributed by atoms with Crippen LogP contribution in [0, 0.1) is 0 Å². The van der Waals surface area contributed by atoms with Gasteiger partial charge in [-0.2, -0.15) is 0 Å². The van der Waals surface area contributed by atoms with Crippen molar-refractivity contribution in [2.45, 2.75) is 6.04 Å². The van der Waals surface area contributed by atoms with Crippen LogP contribution in [-0.4, -0.2) is 29.6 Å². The molecule has 0 saturated heterocycles. The van der Waals surface area contributed by atoms with Crippen molar-refractivity contribution < 1.29 is 9.53 Å². The van der Waals surface area contributed by atoms with Crippen molar-refractivity contribution in [2.24, 2.45) is 5.73 Å². The van der Waals surface area contributed by atoms with Crippen LogP contribution in [0.5, 0.6) is 0 Å². The Morgan fingerprint density at radius 2 is 2.10 bits per heavy atom. The molecule has 6 heteroatoms. The molecule has 0 saturated carbocycles. The Bertz CT molecular complexity index is 574. The summed E-state index contributed by atoms with van der Waals surface area (Å²) in [6.45, 7) is 0.489. The van der Waals surface area contributed by atoms with Crippen LogP contribution in [0.2, 0.25) is 0 Å². The lowest BCUT2D eigenvalue weighted by atomic mass is 10.1. The molecule has 0 spiro atoms. The quantitative estimate of drug-likeness (QED) is 0.799. The molecule has 6 nitrogen and oxygen atoms in total. The van der Waals surface area contributed by atoms with Gasteiger partial charge in [-0.15, -0.1) is 0 Å². The lowest BCUT2D eigenvalue weighted by molar-refractivity contribution is 0.0593. The van der Waals surface area contributed by atoms with Gasteiger partial charge < -0.3 is 15.8 Å². The average Bonchev–Trinajstić information content (AvgIpc) is 2.53. The molecule has 104 valence electrons. The monoisotopic (exact) mass is 272 g/mol. The van der Waals surface area contributed by atoms with Gasteiger partial charge in [0.15, 0.2) is 5.69 Å². The van der Waals surface area contributed by atoms with Crippen molar-refractivity contribution in [3.05, 3.63) is 54.0 Å². The minimum atomic E-state index is -0.520. The number of aromatic nitrogens is 2. The maximum atomic E-state index is 11.3. The van der Waals surface area contributed by atoms with Crippen LogP contribution < -0.4 is 11.1 Å². The number of benzene rings is 1. The van der Waals surface area contributed by atoms with Crippen LogP contribution in [0.4, 0.5) is 5.82 Å². The highest BCUT2D eigenvalue weighted by molar-refractivity contribution is 5.87. The molecule has 0 aliphatic rings. The van der Waals surface area contributed by atoms with Gasteiger partial charge in [0, 0.05) is 12.6 Å². The van der Waals surface area contributed by atoms with E-state index in [1.165, 1.54) is 19.5 Å². The van der Waals surface area contributed by atoms with Gasteiger partial charge in [0.25, 0.3) is 0 Å². The summed E-state index contributed by atoms with van der Waals surface area (Å²) >= 11 is 0. The first-order valence-corrected chi connectivity index (χ1v) is 6.15. The van der Waals surface area contributed by atoms with Crippen molar-refractivity contribution in [2.75, 3.05) is 19.0 Å². The molecule has 0 bridgehead atoms. The van der Waals surface area contributed by atoms with E-state index >= 15 is 0 Å². The zero-order valence-corrected chi connectivity index (χ0v) is 11.1. The predicted molar refractivity (Wildman–Crippen MR) is 75.2 cm³/mol. The third kappa shape index (κ3) is 3.52. The second kappa shape index (κ2) is 6.63. The van der Waals surface area contributed by atoms with Crippen molar-refractivity contribution >= 4 is 11.8 Å². The topological polar surface area (TPSA) is 90.1 Å². The minimum Gasteiger partial charge on any atom is -0.464 e. The van der Waals surface area contributed by atoms with Crippen LogP contribution in [0.1, 0.15) is 22.1 Å². The SMILES string of the molecule is COC(=O)c1cncc(NCC(N)c2ccccc2)n1. The van der Waals surface area contributed by atoms with Gasteiger partial charge in [-0.3, -0.25) is 4.98 Å². The number of carbonyl (C=O) groups excluding carboxylic acids is 1. The summed E-state index contributed by atoms with van der Waals surface area (Å²) in [5.74, 6) is -0.0345. The van der Waals surface area contributed by atoms with Crippen molar-refractivity contribution in [3.8, 4) is 0 Å². The van der Waals surface area contributed by atoms with Crippen LogP contribution in [0.15, 0.2) is 42.7 Å². The maximum Gasteiger partial charge on any atom is 0.358 e. The van der Waals surface area contributed by atoms with E-state index in [0.717, 1.165) is 5.56 Å². The van der Waals surface area contributed by atoms with Crippen LogP contribution in [0.25, 0.3) is 0 Å². The fourth-order valence-corrected chi connectivity index (χ4v) is 1.69. The molecular weight excluding hydrogens is 256 g/mol. The van der Waals surface area contributed by atoms with E-state index in [2.05, 4.69) is 20.0 Å². The fraction of sp³-hybridized carbons (Fsp3) is 0.214. The largest absolute Gasteiger partial charge is 0.464 e. The maximum absolute atomic E-state index is 11.3. The number of nitrogens with one attached hydrogen (secondary N) is 1. The number of rotatable bonds is 5. The Kier molecular flexibility index (Phi) is 4.62. The molecular formula is C14H16N4O2. The minimum absolute atomic E-state index is 0.158. The molecule has 2 rings (SSSR count). The van der Waals surface area contributed by atoms with Crippen LogP contribution in [0.3, 0.4) is 0 Å². The number of hydrogen-bond acceptors (Lipinski definition) is 6. The lowest BCUT2D eigenvalue weighted by Gasteiger charge is -2.13. The van der Waals surface area contributed by atoms with Gasteiger partial charge >= 0.3 is 5.97 Å². The summed E-state index contributed by atoms with van der Waals surface area (Å²) in [5, 5.41) is 3.06. The summed E-state index contributed by atoms with van der Waals surface area (Å²) in [4.78, 5) is 19.4. The van der Waals surface area contributed by atoms with Crippen molar-refractivity contribution in [1.29, 1.82) is 0 Å². The number of nitrogens with zero attached hydrogens (tertiary/aromatic N) is 2. The Morgan fingerprint density at radius 3 is 2.80 bits per heavy atom. The zero-order valence-electron chi connectivity index (χ0n) is 11.1. The lowest BCUT2D eigenvalue weighted by Crippen LogP contribution is -2.21. The number of hydrogen-bond donors (Lipinski definition) is 2. The van der Waals surface area contributed by atoms with Gasteiger partial charge in [-0.1, -0.05) is 30.3 Å². The molecule has 20 heavy (non-hydrogen) atoms. The third-order valence-corrected chi connectivity index (χ3v) is 2.76. The van der Waals surface area contributed by atoms with Crippen molar-refractivity contribution in [3.63, 3.8) is 0 Å². The summed E-state index contributed by atoms with van der Waals surface area (Å²) in [6, 6.07) is 9.57. The average molecular weight is 272 g/mol. The second-order valence-electron chi connectivity index (χ2n) is 4.18. The molecule has 1 aromatic heterocycles. The van der Waals surface area contributed by atoms with E-state index in [-0.39, 0.29) is 11.7 Å². The number of ether oxygens (including phenoxy) is 1. The van der Waals surface area contributed by atoms with Crippen molar-refractivity contribution in [1.82, 2.24) is 9.97 Å². The number of anilines is 1. The van der Waals surface area contributed by atoms with Gasteiger partial charge in [0.2, 0.25) is 0 Å². The zero-order chi connectivity index (χ0) is 14.4. The molecule has 0 aliphatic heterocycles. The summed E-state index contributed by atoms with van der Waals surface area (Å²) in [6.07, 6.45) is 2.89. The molecule has 1 aromatic carbocycles. The second-order valence-corrected chi connectivity index (χ2v) is 4.18. The predicted octanol–water partition coefficient (Wildman–Crippen LogP) is 1.38. The molecule has 3 N–H and O–H groups in total. The highest BCUT2D eigenvalue weighted by Crippen LogP contribution is 2.11. The summed E-state index contributed by atoms with van der Waals surface area (Å²) in [5.41, 5.74) is 7.25. The number of nitrogens with two attached hydrogens (primary N) is 1. The molecule has 1 heterocycles. The Balaban J connectivity index is 1.99. The standard InChI is InChI=1S/C14H16N4O2/c1-20-14(19)12-8-16-9-13(18-12)17-7-11(15)10-5-3-2-4-6-10/h2-6,8-9,11H,7,15H2,1H3,(H,17,18). The number of esters is 1.